The Morgan fingerprint density at radius 1 is 0.923 bits per heavy atom. The monoisotopic (exact) mass is 393 g/mol. The summed E-state index contributed by atoms with van der Waals surface area (Å²) in [5.41, 5.74) is 0. The number of halogens is 6. The number of hydrogen-bond acceptors (Lipinski definition) is 3. The highest BCUT2D eigenvalue weighted by atomic mass is 19.4. The van der Waals surface area contributed by atoms with Gasteiger partial charge in [-0.1, -0.05) is 32.1 Å². The van der Waals surface area contributed by atoms with E-state index in [2.05, 4.69) is 4.74 Å². The highest BCUT2D eigenvalue weighted by Gasteiger charge is 2.59. The van der Waals surface area contributed by atoms with Crippen molar-refractivity contribution in [3.63, 3.8) is 0 Å². The van der Waals surface area contributed by atoms with Crippen LogP contribution in [0.15, 0.2) is 0 Å². The Kier molecular flexibility index (Phi) is 9.15. The number of carboxylic acids is 1. The maximum absolute atomic E-state index is 12.4. The van der Waals surface area contributed by atoms with Crippen LogP contribution in [0.5, 0.6) is 0 Å². The van der Waals surface area contributed by atoms with Crippen molar-refractivity contribution in [3.8, 4) is 0 Å². The Balaban J connectivity index is 2.04. The molecule has 0 aromatic carbocycles. The number of unbranched alkanes of at least 4 members (excludes halogenated alkanes) is 6. The van der Waals surface area contributed by atoms with Crippen LogP contribution in [0.2, 0.25) is 0 Å². The molecule has 0 bridgehead atoms. The third-order valence-corrected chi connectivity index (χ3v) is 4.21. The first-order valence-electron chi connectivity index (χ1n) is 8.73. The molecule has 0 unspecified atom stereocenters. The Labute approximate surface area is 148 Å². The largest absolute Gasteiger partial charge is 0.481 e. The van der Waals surface area contributed by atoms with E-state index in [9.17, 15) is 31.1 Å². The molecule has 1 fully saturated rings. The van der Waals surface area contributed by atoms with Crippen molar-refractivity contribution < 1.29 is 41.0 Å². The van der Waals surface area contributed by atoms with Crippen molar-refractivity contribution in [3.05, 3.63) is 0 Å². The fourth-order valence-electron chi connectivity index (χ4n) is 2.82. The highest BCUT2D eigenvalue weighted by Crippen LogP contribution is 2.37. The molecule has 0 atom stereocenters. The maximum Gasteiger partial charge on any atom is 0.423 e. The fraction of sp³-hybridized carbons (Fsp3) is 0.938. The molecule has 0 saturated carbocycles. The number of hydrogen-bond donors (Lipinski definition) is 1. The second-order valence-corrected chi connectivity index (χ2v) is 6.60. The zero-order valence-electron chi connectivity index (χ0n) is 14.4. The predicted octanol–water partition coefficient (Wildman–Crippen LogP) is 4.39. The van der Waals surface area contributed by atoms with Gasteiger partial charge in [-0.05, 0) is 19.4 Å². The fourth-order valence-corrected chi connectivity index (χ4v) is 2.82. The van der Waals surface area contributed by atoms with E-state index in [1.165, 1.54) is 0 Å². The minimum Gasteiger partial charge on any atom is -0.481 e. The van der Waals surface area contributed by atoms with Gasteiger partial charge in [-0.3, -0.25) is 9.69 Å². The first-order valence-corrected chi connectivity index (χ1v) is 8.73. The van der Waals surface area contributed by atoms with E-state index in [1.807, 2.05) is 0 Å². The lowest BCUT2D eigenvalue weighted by Gasteiger charge is -2.41. The van der Waals surface area contributed by atoms with Crippen LogP contribution in [0.3, 0.4) is 0 Å². The Hall–Kier alpha value is -1.03. The molecule has 0 spiro atoms. The number of carbonyl (C=O) groups is 1. The molecule has 10 heteroatoms. The smallest absolute Gasteiger partial charge is 0.423 e. The van der Waals surface area contributed by atoms with Crippen LogP contribution in [0.4, 0.5) is 26.3 Å². The summed E-state index contributed by atoms with van der Waals surface area (Å²) in [5, 5.41) is 8.49. The zero-order valence-corrected chi connectivity index (χ0v) is 14.4. The van der Waals surface area contributed by atoms with E-state index in [1.54, 1.807) is 4.90 Å². The summed E-state index contributed by atoms with van der Waals surface area (Å²) in [6, 6.07) is 0. The Morgan fingerprint density at radius 2 is 1.38 bits per heavy atom. The number of aliphatic carboxylic acids is 1. The van der Waals surface area contributed by atoms with Gasteiger partial charge in [-0.2, -0.15) is 26.3 Å². The number of carboxylic acid groups (broad SMARTS) is 1. The van der Waals surface area contributed by atoms with Gasteiger partial charge in [0, 0.05) is 19.5 Å². The third kappa shape index (κ3) is 9.07. The van der Waals surface area contributed by atoms with Crippen molar-refractivity contribution in [1.82, 2.24) is 4.90 Å². The molecule has 154 valence electrons. The predicted molar refractivity (Wildman–Crippen MR) is 81.8 cm³/mol. The minimum absolute atomic E-state index is 0.0812. The second kappa shape index (κ2) is 10.3. The summed E-state index contributed by atoms with van der Waals surface area (Å²) in [6.45, 7) is 0.789. The molecule has 1 heterocycles. The molecule has 0 radical (unpaired) electrons. The van der Waals surface area contributed by atoms with Crippen LogP contribution in [0, 0.1) is 0 Å². The molecule has 1 N–H and O–H groups in total. The lowest BCUT2D eigenvalue weighted by Crippen LogP contribution is -2.57. The van der Waals surface area contributed by atoms with E-state index >= 15 is 0 Å². The van der Waals surface area contributed by atoms with Crippen molar-refractivity contribution in [2.75, 3.05) is 19.6 Å². The molecular formula is C16H25F6NO3. The van der Waals surface area contributed by atoms with Gasteiger partial charge in [-0.25, -0.2) is 0 Å². The molecule has 26 heavy (non-hydrogen) atoms. The lowest BCUT2D eigenvalue weighted by atomic mass is 10.1. The van der Waals surface area contributed by atoms with Gasteiger partial charge in [0.15, 0.2) is 0 Å². The van der Waals surface area contributed by atoms with Crippen LogP contribution < -0.4 is 0 Å². The molecule has 1 rings (SSSR count). The first kappa shape index (κ1) is 23.0. The summed E-state index contributed by atoms with van der Waals surface area (Å²) in [4.78, 5) is 12.1. The summed E-state index contributed by atoms with van der Waals surface area (Å²) in [7, 11) is 0. The van der Waals surface area contributed by atoms with Crippen LogP contribution in [0.1, 0.15) is 51.4 Å². The normalized spacial score (nSPS) is 16.9. The molecular weight excluding hydrogens is 368 g/mol. The summed E-state index contributed by atoms with van der Waals surface area (Å²) in [6.07, 6.45) is -9.27. The van der Waals surface area contributed by atoms with Crippen LogP contribution >= 0.6 is 0 Å². The van der Waals surface area contributed by atoms with Gasteiger partial charge in [0.1, 0.15) is 0 Å². The maximum atomic E-state index is 12.4. The quantitative estimate of drug-likeness (QED) is 0.395. The van der Waals surface area contributed by atoms with E-state index in [0.717, 1.165) is 38.5 Å². The zero-order chi connectivity index (χ0) is 19.8. The van der Waals surface area contributed by atoms with E-state index in [0.29, 0.717) is 13.0 Å². The Morgan fingerprint density at radius 3 is 1.85 bits per heavy atom. The molecule has 0 aromatic heterocycles. The molecule has 0 aliphatic carbocycles. The van der Waals surface area contributed by atoms with Gasteiger partial charge in [0.05, 0.1) is 6.10 Å². The highest BCUT2D eigenvalue weighted by molar-refractivity contribution is 5.66. The second-order valence-electron chi connectivity index (χ2n) is 6.60. The van der Waals surface area contributed by atoms with Gasteiger partial charge < -0.3 is 9.84 Å². The topological polar surface area (TPSA) is 49.8 Å². The van der Waals surface area contributed by atoms with E-state index in [4.69, 9.17) is 5.11 Å². The average molecular weight is 393 g/mol. The standard InChI is InChI=1S/C16H25F6NO3/c17-15(18,19)14(16(20,21)22)26-12-10-23(11-12)9-7-5-3-1-2-4-6-8-13(24)25/h12,14H,1-11H2,(H,24,25). The van der Waals surface area contributed by atoms with Gasteiger partial charge in [0.2, 0.25) is 6.10 Å². The summed E-state index contributed by atoms with van der Waals surface area (Å²) >= 11 is 0. The number of ether oxygens (including phenoxy) is 1. The number of nitrogens with zero attached hydrogens (tertiary/aromatic N) is 1. The molecule has 1 aliphatic heterocycles. The minimum atomic E-state index is -5.46. The summed E-state index contributed by atoms with van der Waals surface area (Å²) in [5.74, 6) is -0.793. The van der Waals surface area contributed by atoms with Crippen molar-refractivity contribution in [1.29, 1.82) is 0 Å². The molecule has 1 saturated heterocycles. The number of alkyl halides is 6. The Bertz CT molecular complexity index is 407. The third-order valence-electron chi connectivity index (χ3n) is 4.21. The van der Waals surface area contributed by atoms with Gasteiger partial charge >= 0.3 is 18.3 Å². The SMILES string of the molecule is O=C(O)CCCCCCCCCN1CC(OC(C(F)(F)F)C(F)(F)F)C1. The molecule has 0 aromatic rings. The van der Waals surface area contributed by atoms with Crippen molar-refractivity contribution in [2.45, 2.75) is 75.9 Å². The molecule has 1 aliphatic rings. The van der Waals surface area contributed by atoms with E-state index < -0.39 is 30.5 Å². The van der Waals surface area contributed by atoms with Crippen molar-refractivity contribution >= 4 is 5.97 Å². The number of rotatable bonds is 12. The summed E-state index contributed by atoms with van der Waals surface area (Å²) < 4.78 is 78.5. The van der Waals surface area contributed by atoms with E-state index in [-0.39, 0.29) is 19.5 Å². The molecule has 0 amide bonds. The molecule has 4 nitrogen and oxygen atoms in total. The van der Waals surface area contributed by atoms with Gasteiger partial charge in [-0.15, -0.1) is 0 Å². The van der Waals surface area contributed by atoms with Crippen LogP contribution in [-0.4, -0.2) is 60.2 Å². The average Bonchev–Trinajstić information content (AvgIpc) is 2.43. The first-order chi connectivity index (χ1) is 12.0. The van der Waals surface area contributed by atoms with Crippen LogP contribution in [0.25, 0.3) is 0 Å². The van der Waals surface area contributed by atoms with Crippen LogP contribution in [-0.2, 0) is 9.53 Å². The van der Waals surface area contributed by atoms with Crippen molar-refractivity contribution in [2.24, 2.45) is 0 Å². The lowest BCUT2D eigenvalue weighted by molar-refractivity contribution is -0.337. The number of likely N-dealkylation sites (tertiary alicyclic amines) is 1. The van der Waals surface area contributed by atoms with Gasteiger partial charge in [0.25, 0.3) is 0 Å².